The van der Waals surface area contributed by atoms with Gasteiger partial charge in [0, 0.05) is 4.47 Å². The normalized spacial score (nSPS) is 11.7. The maximum absolute atomic E-state index is 12.9. The van der Waals surface area contributed by atoms with E-state index in [1.54, 1.807) is 10.8 Å². The Kier molecular flexibility index (Phi) is 6.71. The second-order valence-corrected chi connectivity index (χ2v) is 8.97. The van der Waals surface area contributed by atoms with Gasteiger partial charge >= 0.3 is 6.18 Å². The zero-order chi connectivity index (χ0) is 22.6. The van der Waals surface area contributed by atoms with Crippen LogP contribution in [0.2, 0.25) is 0 Å². The van der Waals surface area contributed by atoms with Gasteiger partial charge in [0.15, 0.2) is 0 Å². The average Bonchev–Trinajstić information content (AvgIpc) is 2.73. The van der Waals surface area contributed by atoms with Gasteiger partial charge in [-0.1, -0.05) is 46.3 Å². The van der Waals surface area contributed by atoms with Crippen LogP contribution in [0.4, 0.5) is 13.2 Å². The third-order valence-corrected chi connectivity index (χ3v) is 6.00. The van der Waals surface area contributed by atoms with Gasteiger partial charge in [0.25, 0.3) is 15.9 Å². The molecule has 31 heavy (non-hydrogen) atoms. The number of halogens is 4. The standard InChI is InChI=1S/C21H15BrF3NO4S/c22-16-10-8-14(9-11-16)13-30-19-7-2-1-6-18(19)20(27)26-31(28,29)17-5-3-4-15(12-17)21(23,24)25/h1-12H,13H2,(H,26,27). The summed E-state index contributed by atoms with van der Waals surface area (Å²) in [5.41, 5.74) is -0.397. The summed E-state index contributed by atoms with van der Waals surface area (Å²) >= 11 is 3.32. The molecule has 0 atom stereocenters. The van der Waals surface area contributed by atoms with Crippen molar-refractivity contribution in [1.82, 2.24) is 4.72 Å². The summed E-state index contributed by atoms with van der Waals surface area (Å²) < 4.78 is 71.9. The lowest BCUT2D eigenvalue weighted by Crippen LogP contribution is -2.31. The molecule has 3 aromatic carbocycles. The fraction of sp³-hybridized carbons (Fsp3) is 0.0952. The largest absolute Gasteiger partial charge is 0.488 e. The first kappa shape index (κ1) is 22.8. The van der Waals surface area contributed by atoms with Gasteiger partial charge in [-0.25, -0.2) is 13.1 Å². The third kappa shape index (κ3) is 5.86. The van der Waals surface area contributed by atoms with Crippen molar-refractivity contribution in [2.75, 3.05) is 0 Å². The fourth-order valence-electron chi connectivity index (χ4n) is 2.60. The molecule has 0 aliphatic carbocycles. The van der Waals surface area contributed by atoms with Gasteiger partial charge in [0.05, 0.1) is 16.0 Å². The van der Waals surface area contributed by atoms with Gasteiger partial charge in [-0.2, -0.15) is 13.2 Å². The van der Waals surface area contributed by atoms with Crippen LogP contribution in [0.3, 0.4) is 0 Å². The molecule has 10 heteroatoms. The van der Waals surface area contributed by atoms with Gasteiger partial charge in [-0.15, -0.1) is 0 Å². The summed E-state index contributed by atoms with van der Waals surface area (Å²) in [7, 11) is -4.54. The molecule has 0 saturated carbocycles. The van der Waals surface area contributed by atoms with E-state index in [-0.39, 0.29) is 17.9 Å². The van der Waals surface area contributed by atoms with Crippen LogP contribution in [0, 0.1) is 0 Å². The molecule has 0 aromatic heterocycles. The van der Waals surface area contributed by atoms with E-state index in [2.05, 4.69) is 15.9 Å². The molecule has 0 spiro atoms. The predicted molar refractivity (Wildman–Crippen MR) is 111 cm³/mol. The summed E-state index contributed by atoms with van der Waals surface area (Å²) in [6, 6.07) is 16.4. The molecule has 0 aliphatic rings. The summed E-state index contributed by atoms with van der Waals surface area (Å²) in [5.74, 6) is -0.897. The molecule has 0 saturated heterocycles. The van der Waals surface area contributed by atoms with E-state index in [1.807, 2.05) is 24.3 Å². The molecular formula is C21H15BrF3NO4S. The van der Waals surface area contributed by atoms with Crippen LogP contribution < -0.4 is 9.46 Å². The number of amides is 1. The van der Waals surface area contributed by atoms with E-state index in [1.165, 1.54) is 18.2 Å². The smallest absolute Gasteiger partial charge is 0.416 e. The van der Waals surface area contributed by atoms with Crippen molar-refractivity contribution >= 4 is 31.9 Å². The zero-order valence-corrected chi connectivity index (χ0v) is 18.1. The molecule has 3 aromatic rings. The van der Waals surface area contributed by atoms with Crippen LogP contribution in [0.5, 0.6) is 5.75 Å². The molecule has 0 fully saturated rings. The highest BCUT2D eigenvalue weighted by Crippen LogP contribution is 2.30. The number of nitrogens with one attached hydrogen (secondary N) is 1. The third-order valence-electron chi connectivity index (χ3n) is 4.14. The topological polar surface area (TPSA) is 72.5 Å². The monoisotopic (exact) mass is 513 g/mol. The Labute approximate surface area is 185 Å². The van der Waals surface area contributed by atoms with Crippen LogP contribution >= 0.6 is 15.9 Å². The second kappa shape index (κ2) is 9.11. The van der Waals surface area contributed by atoms with Gasteiger partial charge in [0.2, 0.25) is 0 Å². The van der Waals surface area contributed by atoms with Crippen molar-refractivity contribution in [2.45, 2.75) is 17.7 Å². The minimum absolute atomic E-state index is 0.0739. The van der Waals surface area contributed by atoms with Gasteiger partial charge in [-0.05, 0) is 48.0 Å². The van der Waals surface area contributed by atoms with Crippen molar-refractivity contribution in [3.8, 4) is 5.75 Å². The van der Waals surface area contributed by atoms with E-state index < -0.39 is 32.6 Å². The molecule has 1 N–H and O–H groups in total. The molecule has 0 unspecified atom stereocenters. The van der Waals surface area contributed by atoms with E-state index in [9.17, 15) is 26.4 Å². The van der Waals surface area contributed by atoms with Crippen LogP contribution in [0.1, 0.15) is 21.5 Å². The number of ether oxygens (including phenoxy) is 1. The van der Waals surface area contributed by atoms with Gasteiger partial charge in [-0.3, -0.25) is 4.79 Å². The molecule has 162 valence electrons. The van der Waals surface area contributed by atoms with Crippen LogP contribution in [0.25, 0.3) is 0 Å². The van der Waals surface area contributed by atoms with Crippen molar-refractivity contribution in [2.24, 2.45) is 0 Å². The number of benzene rings is 3. The number of para-hydroxylation sites is 1. The lowest BCUT2D eigenvalue weighted by Gasteiger charge is -2.13. The van der Waals surface area contributed by atoms with Crippen molar-refractivity contribution in [3.05, 3.63) is 94.0 Å². The quantitative estimate of drug-likeness (QED) is 0.493. The van der Waals surface area contributed by atoms with E-state index in [0.29, 0.717) is 6.07 Å². The fourth-order valence-corrected chi connectivity index (χ4v) is 3.87. The maximum Gasteiger partial charge on any atom is 0.416 e. The summed E-state index contributed by atoms with van der Waals surface area (Å²) in [4.78, 5) is 11.9. The van der Waals surface area contributed by atoms with Crippen LogP contribution in [-0.2, 0) is 22.8 Å². The summed E-state index contributed by atoms with van der Waals surface area (Å²) in [6.45, 7) is 0.123. The summed E-state index contributed by atoms with van der Waals surface area (Å²) in [5, 5.41) is 0. The zero-order valence-electron chi connectivity index (χ0n) is 15.7. The number of carbonyl (C=O) groups is 1. The Hall–Kier alpha value is -2.85. The predicted octanol–water partition coefficient (Wildman–Crippen LogP) is 5.17. The molecule has 0 radical (unpaired) electrons. The number of hydrogen-bond acceptors (Lipinski definition) is 4. The number of alkyl halides is 3. The Balaban J connectivity index is 1.79. The molecule has 5 nitrogen and oxygen atoms in total. The number of hydrogen-bond donors (Lipinski definition) is 1. The molecular weight excluding hydrogens is 499 g/mol. The minimum Gasteiger partial charge on any atom is -0.488 e. The minimum atomic E-state index is -4.72. The van der Waals surface area contributed by atoms with Crippen molar-refractivity contribution in [1.29, 1.82) is 0 Å². The van der Waals surface area contributed by atoms with E-state index in [4.69, 9.17) is 4.74 Å². The number of rotatable bonds is 6. The molecule has 0 bridgehead atoms. The van der Waals surface area contributed by atoms with Crippen LogP contribution in [-0.4, -0.2) is 14.3 Å². The summed E-state index contributed by atoms with van der Waals surface area (Å²) in [6.07, 6.45) is -4.72. The Bertz CT molecular complexity index is 1200. The highest BCUT2D eigenvalue weighted by Gasteiger charge is 2.32. The lowest BCUT2D eigenvalue weighted by atomic mass is 10.2. The molecule has 0 aliphatic heterocycles. The van der Waals surface area contributed by atoms with Gasteiger partial charge < -0.3 is 4.74 Å². The second-order valence-electron chi connectivity index (χ2n) is 6.37. The Morgan fingerprint density at radius 3 is 2.32 bits per heavy atom. The first-order chi connectivity index (χ1) is 14.6. The first-order valence-corrected chi connectivity index (χ1v) is 11.0. The Morgan fingerprint density at radius 1 is 0.968 bits per heavy atom. The van der Waals surface area contributed by atoms with Gasteiger partial charge in [0.1, 0.15) is 12.4 Å². The lowest BCUT2D eigenvalue weighted by molar-refractivity contribution is -0.137. The molecule has 1 amide bonds. The highest BCUT2D eigenvalue weighted by atomic mass is 79.9. The molecule has 0 heterocycles. The number of carbonyl (C=O) groups excluding carboxylic acids is 1. The van der Waals surface area contributed by atoms with E-state index in [0.717, 1.165) is 28.2 Å². The molecule has 3 rings (SSSR count). The Morgan fingerprint density at radius 2 is 1.65 bits per heavy atom. The van der Waals surface area contributed by atoms with Crippen molar-refractivity contribution in [3.63, 3.8) is 0 Å². The average molecular weight is 514 g/mol. The van der Waals surface area contributed by atoms with E-state index >= 15 is 0 Å². The highest BCUT2D eigenvalue weighted by molar-refractivity contribution is 9.10. The maximum atomic E-state index is 12.9. The first-order valence-electron chi connectivity index (χ1n) is 8.77. The van der Waals surface area contributed by atoms with Crippen LogP contribution in [0.15, 0.2) is 82.2 Å². The van der Waals surface area contributed by atoms with Crippen molar-refractivity contribution < 1.29 is 31.1 Å². The number of sulfonamides is 1. The SMILES string of the molecule is O=C(NS(=O)(=O)c1cccc(C(F)(F)F)c1)c1ccccc1OCc1ccc(Br)cc1.